The van der Waals surface area contributed by atoms with Crippen molar-refractivity contribution in [2.45, 2.75) is 27.7 Å². The van der Waals surface area contributed by atoms with Crippen LogP contribution in [-0.4, -0.2) is 46.5 Å². The van der Waals surface area contributed by atoms with Crippen LogP contribution in [0.15, 0.2) is 10.6 Å². The van der Waals surface area contributed by atoms with E-state index in [1.807, 2.05) is 11.8 Å². The first-order valence-electron chi connectivity index (χ1n) is 7.01. The van der Waals surface area contributed by atoms with E-state index in [9.17, 15) is 9.59 Å². The monoisotopic (exact) mass is 313 g/mol. The molecule has 2 amide bonds. The predicted octanol–water partition coefficient (Wildman–Crippen LogP) is 2.16. The molecule has 0 aliphatic rings. The van der Waals surface area contributed by atoms with Gasteiger partial charge in [0.05, 0.1) is 11.5 Å². The Hall–Kier alpha value is -1.50. The van der Waals surface area contributed by atoms with Crippen LogP contribution < -0.4 is 5.32 Å². The molecule has 1 N–H and O–H groups in total. The Kier molecular flexibility index (Phi) is 7.28. The van der Waals surface area contributed by atoms with Crippen molar-refractivity contribution in [2.24, 2.45) is 5.92 Å². The number of nitrogens with zero attached hydrogens (tertiary/aromatic N) is 2. The van der Waals surface area contributed by atoms with Crippen LogP contribution in [0, 0.1) is 12.8 Å². The highest BCUT2D eigenvalue weighted by Gasteiger charge is 2.14. The van der Waals surface area contributed by atoms with Gasteiger partial charge in [0.15, 0.2) is 5.82 Å². The second-order valence-corrected chi connectivity index (χ2v) is 6.18. The van der Waals surface area contributed by atoms with E-state index in [4.69, 9.17) is 4.52 Å². The number of thioether (sulfide) groups is 1. The third-order valence-electron chi connectivity index (χ3n) is 2.67. The first kappa shape index (κ1) is 17.6. The Morgan fingerprint density at radius 2 is 2.14 bits per heavy atom. The maximum absolute atomic E-state index is 12.0. The van der Waals surface area contributed by atoms with Crippen LogP contribution in [-0.2, 0) is 9.59 Å². The van der Waals surface area contributed by atoms with E-state index in [1.54, 1.807) is 13.0 Å². The minimum atomic E-state index is -0.187. The van der Waals surface area contributed by atoms with E-state index in [2.05, 4.69) is 24.3 Å². The second-order valence-electron chi connectivity index (χ2n) is 5.19. The van der Waals surface area contributed by atoms with Gasteiger partial charge in [-0.2, -0.15) is 0 Å². The first-order chi connectivity index (χ1) is 9.92. The molecule has 7 heteroatoms. The highest BCUT2D eigenvalue weighted by Crippen LogP contribution is 2.09. The van der Waals surface area contributed by atoms with Crippen molar-refractivity contribution in [3.63, 3.8) is 0 Å². The van der Waals surface area contributed by atoms with Crippen molar-refractivity contribution in [1.82, 2.24) is 10.1 Å². The summed E-state index contributed by atoms with van der Waals surface area (Å²) in [6.07, 6.45) is 0. The van der Waals surface area contributed by atoms with Crippen molar-refractivity contribution >= 4 is 29.4 Å². The molecule has 0 radical (unpaired) electrons. The molecular formula is C14H23N3O3S. The van der Waals surface area contributed by atoms with Gasteiger partial charge < -0.3 is 14.7 Å². The minimum Gasteiger partial charge on any atom is -0.360 e. The summed E-state index contributed by atoms with van der Waals surface area (Å²) in [5.74, 6) is 1.90. The normalized spacial score (nSPS) is 10.7. The van der Waals surface area contributed by atoms with Crippen molar-refractivity contribution in [1.29, 1.82) is 0 Å². The summed E-state index contributed by atoms with van der Waals surface area (Å²) in [6.45, 7) is 9.32. The van der Waals surface area contributed by atoms with E-state index in [1.165, 1.54) is 11.8 Å². The smallest absolute Gasteiger partial charge is 0.235 e. The first-order valence-corrected chi connectivity index (χ1v) is 8.16. The molecule has 1 rings (SSSR count). The number of carbonyl (C=O) groups excluding carboxylic acids is 2. The molecule has 0 saturated heterocycles. The highest BCUT2D eigenvalue weighted by atomic mass is 32.2. The molecule has 0 bridgehead atoms. The zero-order chi connectivity index (χ0) is 15.8. The van der Waals surface area contributed by atoms with Crippen molar-refractivity contribution in [3.8, 4) is 0 Å². The summed E-state index contributed by atoms with van der Waals surface area (Å²) in [4.78, 5) is 25.5. The molecule has 0 spiro atoms. The number of amides is 2. The zero-order valence-corrected chi connectivity index (χ0v) is 13.8. The molecule has 1 heterocycles. The molecule has 0 aliphatic heterocycles. The predicted molar refractivity (Wildman–Crippen MR) is 84.3 cm³/mol. The quantitative estimate of drug-likeness (QED) is 0.796. The van der Waals surface area contributed by atoms with Gasteiger partial charge in [-0.05, 0) is 19.8 Å². The minimum absolute atomic E-state index is 0.0706. The van der Waals surface area contributed by atoms with Gasteiger partial charge in [0.2, 0.25) is 11.8 Å². The van der Waals surface area contributed by atoms with Crippen molar-refractivity contribution in [2.75, 3.05) is 29.9 Å². The van der Waals surface area contributed by atoms with Crippen LogP contribution in [0.25, 0.3) is 0 Å². The van der Waals surface area contributed by atoms with Gasteiger partial charge in [-0.1, -0.05) is 19.0 Å². The molecule has 0 atom stereocenters. The lowest BCUT2D eigenvalue weighted by Gasteiger charge is -2.22. The molecule has 1 aromatic rings. The molecule has 0 aliphatic carbocycles. The van der Waals surface area contributed by atoms with Gasteiger partial charge in [-0.25, -0.2) is 0 Å². The topological polar surface area (TPSA) is 75.4 Å². The Morgan fingerprint density at radius 3 is 2.67 bits per heavy atom. The van der Waals surface area contributed by atoms with E-state index in [-0.39, 0.29) is 17.6 Å². The summed E-state index contributed by atoms with van der Waals surface area (Å²) in [5, 5.41) is 6.30. The summed E-state index contributed by atoms with van der Waals surface area (Å²) < 4.78 is 4.86. The van der Waals surface area contributed by atoms with E-state index in [0.717, 1.165) is 6.54 Å². The standard InChI is InChI=1S/C14H23N3O3S/c1-5-17(7-10(2)3)14(19)9-21-8-13(18)15-12-6-11(4)20-16-12/h6,10H,5,7-9H2,1-4H3,(H,15,16,18). The second kappa shape index (κ2) is 8.71. The number of hydrogen-bond donors (Lipinski definition) is 1. The molecule has 21 heavy (non-hydrogen) atoms. The van der Waals surface area contributed by atoms with Crippen LogP contribution >= 0.6 is 11.8 Å². The van der Waals surface area contributed by atoms with E-state index < -0.39 is 0 Å². The Balaban J connectivity index is 2.28. The largest absolute Gasteiger partial charge is 0.360 e. The lowest BCUT2D eigenvalue weighted by Crippen LogP contribution is -2.35. The fraction of sp³-hybridized carbons (Fsp3) is 0.643. The van der Waals surface area contributed by atoms with Crippen LogP contribution in [0.2, 0.25) is 0 Å². The molecule has 118 valence electrons. The highest BCUT2D eigenvalue weighted by molar-refractivity contribution is 8.00. The molecule has 0 saturated carbocycles. The van der Waals surface area contributed by atoms with Crippen molar-refractivity contribution in [3.05, 3.63) is 11.8 Å². The van der Waals surface area contributed by atoms with Crippen LogP contribution in [0.5, 0.6) is 0 Å². The Bertz CT molecular complexity index is 474. The Labute approximate surface area is 129 Å². The number of carbonyl (C=O) groups is 2. The van der Waals surface area contributed by atoms with Gasteiger partial charge in [0.1, 0.15) is 5.76 Å². The lowest BCUT2D eigenvalue weighted by atomic mass is 10.2. The van der Waals surface area contributed by atoms with Gasteiger partial charge in [0.25, 0.3) is 0 Å². The number of hydrogen-bond acceptors (Lipinski definition) is 5. The van der Waals surface area contributed by atoms with Gasteiger partial charge >= 0.3 is 0 Å². The maximum atomic E-state index is 12.0. The SMILES string of the molecule is CCN(CC(C)C)C(=O)CSCC(=O)Nc1cc(C)on1. The van der Waals surface area contributed by atoms with Crippen LogP contribution in [0.4, 0.5) is 5.82 Å². The number of aryl methyl sites for hydroxylation is 1. The summed E-state index contributed by atoms with van der Waals surface area (Å²) >= 11 is 1.30. The summed E-state index contributed by atoms with van der Waals surface area (Å²) in [7, 11) is 0. The number of rotatable bonds is 8. The Morgan fingerprint density at radius 1 is 1.43 bits per heavy atom. The van der Waals surface area contributed by atoms with Gasteiger partial charge in [0, 0.05) is 19.2 Å². The molecule has 6 nitrogen and oxygen atoms in total. The van der Waals surface area contributed by atoms with E-state index in [0.29, 0.717) is 29.8 Å². The molecule has 0 aromatic carbocycles. The van der Waals surface area contributed by atoms with Gasteiger partial charge in [-0.3, -0.25) is 9.59 Å². The lowest BCUT2D eigenvalue weighted by molar-refractivity contribution is -0.128. The van der Waals surface area contributed by atoms with Gasteiger partial charge in [-0.15, -0.1) is 11.8 Å². The number of aromatic nitrogens is 1. The van der Waals surface area contributed by atoms with Crippen molar-refractivity contribution < 1.29 is 14.1 Å². The molecule has 1 aromatic heterocycles. The molecular weight excluding hydrogens is 290 g/mol. The molecule has 0 fully saturated rings. The van der Waals surface area contributed by atoms with Crippen LogP contribution in [0.3, 0.4) is 0 Å². The average molecular weight is 313 g/mol. The third-order valence-corrected chi connectivity index (χ3v) is 3.59. The number of anilines is 1. The maximum Gasteiger partial charge on any atom is 0.235 e. The summed E-state index contributed by atoms with van der Waals surface area (Å²) in [6, 6.07) is 1.65. The molecule has 0 unspecified atom stereocenters. The fourth-order valence-corrected chi connectivity index (χ4v) is 2.49. The average Bonchev–Trinajstić information content (AvgIpc) is 2.80. The fourth-order valence-electron chi connectivity index (χ4n) is 1.77. The third kappa shape index (κ3) is 6.66. The summed E-state index contributed by atoms with van der Waals surface area (Å²) in [5.41, 5.74) is 0. The van der Waals surface area contributed by atoms with Crippen LogP contribution in [0.1, 0.15) is 26.5 Å². The van der Waals surface area contributed by atoms with E-state index >= 15 is 0 Å². The zero-order valence-electron chi connectivity index (χ0n) is 13.0. The number of nitrogens with one attached hydrogen (secondary N) is 1.